The fourth-order valence-electron chi connectivity index (χ4n) is 3.45. The maximum atomic E-state index is 12.6. The van der Waals surface area contributed by atoms with Crippen molar-refractivity contribution in [1.82, 2.24) is 4.90 Å². The number of amides is 1. The molecule has 0 radical (unpaired) electrons. The molecule has 0 saturated carbocycles. The summed E-state index contributed by atoms with van der Waals surface area (Å²) in [7, 11) is 0. The molecule has 116 valence electrons. The van der Waals surface area contributed by atoms with Gasteiger partial charge in [-0.05, 0) is 12.8 Å². The number of carboxylic acids is 1. The van der Waals surface area contributed by atoms with Crippen LogP contribution in [0, 0.1) is 11.8 Å². The summed E-state index contributed by atoms with van der Waals surface area (Å²) in [5.41, 5.74) is 0. The minimum Gasteiger partial charge on any atom is -0.481 e. The molecule has 0 aromatic rings. The van der Waals surface area contributed by atoms with Crippen LogP contribution in [0.4, 0.5) is 0 Å². The van der Waals surface area contributed by atoms with E-state index in [0.29, 0.717) is 52.0 Å². The number of carboxylic acid groups (broad SMARTS) is 1. The summed E-state index contributed by atoms with van der Waals surface area (Å²) in [6.07, 6.45) is 6.06. The highest BCUT2D eigenvalue weighted by Crippen LogP contribution is 2.34. The van der Waals surface area contributed by atoms with Gasteiger partial charge in [0.15, 0.2) is 5.79 Å². The van der Waals surface area contributed by atoms with Gasteiger partial charge >= 0.3 is 5.97 Å². The maximum Gasteiger partial charge on any atom is 0.307 e. The average Bonchev–Trinajstić information content (AvgIpc) is 2.95. The Morgan fingerprint density at radius 2 is 1.62 bits per heavy atom. The Hall–Kier alpha value is -1.40. The first-order valence-corrected chi connectivity index (χ1v) is 7.56. The van der Waals surface area contributed by atoms with Crippen molar-refractivity contribution < 1.29 is 24.2 Å². The van der Waals surface area contributed by atoms with Crippen LogP contribution in [0.25, 0.3) is 0 Å². The third-order valence-electron chi connectivity index (χ3n) is 4.72. The molecule has 0 aromatic carbocycles. The zero-order chi connectivity index (χ0) is 14.9. The number of nitrogens with zero attached hydrogens (tertiary/aromatic N) is 1. The molecule has 6 nitrogen and oxygen atoms in total. The molecule has 1 aliphatic carbocycles. The van der Waals surface area contributed by atoms with Crippen molar-refractivity contribution in [2.75, 3.05) is 26.3 Å². The van der Waals surface area contributed by atoms with Crippen LogP contribution in [0.2, 0.25) is 0 Å². The normalized spacial score (nSPS) is 31.5. The SMILES string of the molecule is O=C(O)C1CC=CCC1C(=O)N1CCC2(CC1)OCCO2. The van der Waals surface area contributed by atoms with Gasteiger partial charge < -0.3 is 19.5 Å². The zero-order valence-electron chi connectivity index (χ0n) is 12.0. The number of carbonyl (C=O) groups excluding carboxylic acids is 1. The highest BCUT2D eigenvalue weighted by molar-refractivity contribution is 5.85. The van der Waals surface area contributed by atoms with Crippen molar-refractivity contribution >= 4 is 11.9 Å². The molecule has 2 aliphatic heterocycles. The van der Waals surface area contributed by atoms with Crippen molar-refractivity contribution in [3.63, 3.8) is 0 Å². The van der Waals surface area contributed by atoms with Crippen molar-refractivity contribution in [3.8, 4) is 0 Å². The summed E-state index contributed by atoms with van der Waals surface area (Å²) in [5.74, 6) is -2.47. The van der Waals surface area contributed by atoms with E-state index >= 15 is 0 Å². The van der Waals surface area contributed by atoms with Gasteiger partial charge in [0.2, 0.25) is 5.91 Å². The molecule has 2 saturated heterocycles. The lowest BCUT2D eigenvalue weighted by atomic mass is 9.81. The Morgan fingerprint density at radius 1 is 1.05 bits per heavy atom. The van der Waals surface area contributed by atoms with Gasteiger partial charge in [0, 0.05) is 25.9 Å². The van der Waals surface area contributed by atoms with Gasteiger partial charge in [0.05, 0.1) is 25.0 Å². The average molecular weight is 295 g/mol. The number of piperidine rings is 1. The second-order valence-corrected chi connectivity index (χ2v) is 5.93. The standard InChI is InChI=1S/C15H21NO5/c17-13(11-3-1-2-4-12(11)14(18)19)16-7-5-15(6-8-16)20-9-10-21-15/h1-2,11-12H,3-10H2,(H,18,19). The van der Waals surface area contributed by atoms with Gasteiger partial charge in [-0.2, -0.15) is 0 Å². The van der Waals surface area contributed by atoms with Crippen LogP contribution in [-0.2, 0) is 19.1 Å². The van der Waals surface area contributed by atoms with E-state index in [1.54, 1.807) is 4.90 Å². The molecule has 3 rings (SSSR count). The highest BCUT2D eigenvalue weighted by atomic mass is 16.7. The lowest BCUT2D eigenvalue weighted by Crippen LogP contribution is -2.50. The number of likely N-dealkylation sites (tertiary alicyclic amines) is 1. The van der Waals surface area contributed by atoms with Gasteiger partial charge in [-0.15, -0.1) is 0 Å². The molecule has 2 fully saturated rings. The third kappa shape index (κ3) is 2.82. The molecule has 21 heavy (non-hydrogen) atoms. The molecule has 0 bridgehead atoms. The Balaban J connectivity index is 1.63. The first-order valence-electron chi connectivity index (χ1n) is 7.56. The molecule has 1 spiro atoms. The van der Waals surface area contributed by atoms with Crippen molar-refractivity contribution in [2.45, 2.75) is 31.5 Å². The third-order valence-corrected chi connectivity index (χ3v) is 4.72. The number of ether oxygens (including phenoxy) is 2. The number of rotatable bonds is 2. The van der Waals surface area contributed by atoms with Crippen molar-refractivity contribution in [2.24, 2.45) is 11.8 Å². The molecular weight excluding hydrogens is 274 g/mol. The Morgan fingerprint density at radius 3 is 2.19 bits per heavy atom. The number of aliphatic carboxylic acids is 1. The lowest BCUT2D eigenvalue weighted by Gasteiger charge is -2.39. The quantitative estimate of drug-likeness (QED) is 0.770. The summed E-state index contributed by atoms with van der Waals surface area (Å²) < 4.78 is 11.3. The van der Waals surface area contributed by atoms with Crippen LogP contribution in [-0.4, -0.2) is 54.0 Å². The van der Waals surface area contributed by atoms with E-state index < -0.39 is 23.6 Å². The van der Waals surface area contributed by atoms with Gasteiger partial charge in [0.25, 0.3) is 0 Å². The lowest BCUT2D eigenvalue weighted by molar-refractivity contribution is -0.189. The topological polar surface area (TPSA) is 76.1 Å². The van der Waals surface area contributed by atoms with Crippen LogP contribution >= 0.6 is 0 Å². The van der Waals surface area contributed by atoms with Crippen LogP contribution in [0.3, 0.4) is 0 Å². The van der Waals surface area contributed by atoms with E-state index in [9.17, 15) is 14.7 Å². The van der Waals surface area contributed by atoms with Gasteiger partial charge in [-0.1, -0.05) is 12.2 Å². The van der Waals surface area contributed by atoms with Crippen molar-refractivity contribution in [1.29, 1.82) is 0 Å². The second kappa shape index (κ2) is 5.77. The second-order valence-electron chi connectivity index (χ2n) is 5.93. The Labute approximate surface area is 123 Å². The largest absolute Gasteiger partial charge is 0.481 e. The summed E-state index contributed by atoms with van der Waals surface area (Å²) in [6.45, 7) is 2.38. The molecule has 2 atom stereocenters. The van der Waals surface area contributed by atoms with Crippen LogP contribution in [0.1, 0.15) is 25.7 Å². The summed E-state index contributed by atoms with van der Waals surface area (Å²) >= 11 is 0. The molecule has 3 aliphatic rings. The van der Waals surface area contributed by atoms with E-state index in [1.807, 2.05) is 12.2 Å². The fraction of sp³-hybridized carbons (Fsp3) is 0.733. The number of carbonyl (C=O) groups is 2. The molecule has 2 heterocycles. The summed E-state index contributed by atoms with van der Waals surface area (Å²) in [5, 5.41) is 9.28. The van der Waals surface area contributed by atoms with Crippen LogP contribution in [0.5, 0.6) is 0 Å². The van der Waals surface area contributed by atoms with Gasteiger partial charge in [-0.3, -0.25) is 9.59 Å². The zero-order valence-corrected chi connectivity index (χ0v) is 12.0. The Bertz CT molecular complexity index is 445. The van der Waals surface area contributed by atoms with E-state index in [4.69, 9.17) is 9.47 Å². The molecule has 6 heteroatoms. The first kappa shape index (κ1) is 14.5. The van der Waals surface area contributed by atoms with Crippen molar-refractivity contribution in [3.05, 3.63) is 12.2 Å². The molecular formula is C15H21NO5. The van der Waals surface area contributed by atoms with E-state index in [2.05, 4.69) is 0 Å². The highest BCUT2D eigenvalue weighted by Gasteiger charge is 2.43. The number of hydrogen-bond acceptors (Lipinski definition) is 4. The summed E-state index contributed by atoms with van der Waals surface area (Å²) in [4.78, 5) is 25.7. The van der Waals surface area contributed by atoms with Gasteiger partial charge in [0.1, 0.15) is 0 Å². The molecule has 1 amide bonds. The Kier molecular flexibility index (Phi) is 3.99. The number of allylic oxidation sites excluding steroid dienone is 2. The smallest absolute Gasteiger partial charge is 0.307 e. The maximum absolute atomic E-state index is 12.6. The predicted octanol–water partition coefficient (Wildman–Crippen LogP) is 1.02. The minimum atomic E-state index is -0.881. The molecule has 0 aromatic heterocycles. The monoisotopic (exact) mass is 295 g/mol. The van der Waals surface area contributed by atoms with Crippen LogP contribution < -0.4 is 0 Å². The minimum absolute atomic E-state index is 0.0420. The van der Waals surface area contributed by atoms with E-state index in [0.717, 1.165) is 0 Å². The first-order chi connectivity index (χ1) is 10.1. The van der Waals surface area contributed by atoms with Gasteiger partial charge in [-0.25, -0.2) is 0 Å². The summed E-state index contributed by atoms with van der Waals surface area (Å²) in [6, 6.07) is 0. The number of hydrogen-bond donors (Lipinski definition) is 1. The molecule has 1 N–H and O–H groups in total. The fourth-order valence-corrected chi connectivity index (χ4v) is 3.45. The van der Waals surface area contributed by atoms with E-state index in [-0.39, 0.29) is 5.91 Å². The predicted molar refractivity (Wildman–Crippen MR) is 73.4 cm³/mol. The van der Waals surface area contributed by atoms with Crippen LogP contribution in [0.15, 0.2) is 12.2 Å². The van der Waals surface area contributed by atoms with E-state index in [1.165, 1.54) is 0 Å². The molecule has 2 unspecified atom stereocenters.